The van der Waals surface area contributed by atoms with E-state index in [0.717, 1.165) is 38.0 Å². The summed E-state index contributed by atoms with van der Waals surface area (Å²) in [6.07, 6.45) is 5.40. The first kappa shape index (κ1) is 20.3. The molecule has 0 radical (unpaired) electrons. The zero-order chi connectivity index (χ0) is 17.8. The van der Waals surface area contributed by atoms with Crippen molar-refractivity contribution in [3.63, 3.8) is 0 Å². The number of nitrogens with zero attached hydrogens (tertiary/aromatic N) is 1. The minimum Gasteiger partial charge on any atom is -0.360 e. The second kappa shape index (κ2) is 11.8. The highest BCUT2D eigenvalue weighted by Crippen LogP contribution is 2.01. The van der Waals surface area contributed by atoms with Crippen LogP contribution in [0.5, 0.6) is 0 Å². The third-order valence-corrected chi connectivity index (χ3v) is 4.07. The first-order valence-corrected chi connectivity index (χ1v) is 9.03. The van der Waals surface area contributed by atoms with Gasteiger partial charge >= 0.3 is 0 Å². The van der Waals surface area contributed by atoms with Gasteiger partial charge in [0, 0.05) is 12.1 Å². The summed E-state index contributed by atoms with van der Waals surface area (Å²) >= 11 is 5.20. The van der Waals surface area contributed by atoms with Gasteiger partial charge in [-0.1, -0.05) is 44.2 Å². The summed E-state index contributed by atoms with van der Waals surface area (Å²) in [4.78, 5) is 14.3. The van der Waals surface area contributed by atoms with Crippen LogP contribution in [0.25, 0.3) is 6.08 Å². The fourth-order valence-corrected chi connectivity index (χ4v) is 2.68. The number of rotatable bonds is 9. The van der Waals surface area contributed by atoms with Crippen LogP contribution in [0.1, 0.15) is 39.2 Å². The molecule has 0 aromatic heterocycles. The molecule has 2 N–H and O–H groups in total. The van der Waals surface area contributed by atoms with Crippen LogP contribution in [-0.2, 0) is 4.79 Å². The molecular formula is C19H29N3OS. The number of amides is 1. The zero-order valence-corrected chi connectivity index (χ0v) is 15.7. The Morgan fingerprint density at radius 2 is 1.92 bits per heavy atom. The first-order chi connectivity index (χ1) is 11.5. The van der Waals surface area contributed by atoms with Crippen molar-refractivity contribution >= 4 is 29.3 Å². The van der Waals surface area contributed by atoms with Gasteiger partial charge in [0.15, 0.2) is 5.11 Å². The Kier molecular flexibility index (Phi) is 9.96. The third kappa shape index (κ3) is 8.79. The largest absolute Gasteiger partial charge is 0.360 e. The summed E-state index contributed by atoms with van der Waals surface area (Å²) in [5.74, 6) is -0.216. The standard InChI is InChI=1S/C19H29N3OS/c1-4-22(5-2)15-9-10-16(3)20-19(24)21-18(23)14-13-17-11-7-6-8-12-17/h6-8,11-14,16H,4-5,9-10,15H2,1-3H3,(H2,20,21,23,24). The van der Waals surface area contributed by atoms with E-state index in [2.05, 4.69) is 36.3 Å². The Hall–Kier alpha value is -1.72. The molecule has 1 rings (SSSR count). The summed E-state index contributed by atoms with van der Waals surface area (Å²) in [6, 6.07) is 9.94. The number of nitrogens with one attached hydrogen (secondary N) is 2. The van der Waals surface area contributed by atoms with E-state index in [-0.39, 0.29) is 11.9 Å². The van der Waals surface area contributed by atoms with E-state index in [1.807, 2.05) is 30.3 Å². The molecule has 24 heavy (non-hydrogen) atoms. The molecule has 0 bridgehead atoms. The van der Waals surface area contributed by atoms with Crippen molar-refractivity contribution < 1.29 is 4.79 Å². The minimum atomic E-state index is -0.216. The van der Waals surface area contributed by atoms with Crippen molar-refractivity contribution in [2.75, 3.05) is 19.6 Å². The molecule has 1 unspecified atom stereocenters. The summed E-state index contributed by atoms with van der Waals surface area (Å²) in [6.45, 7) is 9.71. The maximum Gasteiger partial charge on any atom is 0.250 e. The molecule has 1 aromatic carbocycles. The lowest BCUT2D eigenvalue weighted by atomic mass is 10.2. The monoisotopic (exact) mass is 347 g/mol. The maximum atomic E-state index is 11.9. The van der Waals surface area contributed by atoms with Crippen LogP contribution in [0.15, 0.2) is 36.4 Å². The van der Waals surface area contributed by atoms with Gasteiger partial charge in [-0.2, -0.15) is 0 Å². The van der Waals surface area contributed by atoms with Crippen molar-refractivity contribution in [3.05, 3.63) is 42.0 Å². The summed E-state index contributed by atoms with van der Waals surface area (Å²) < 4.78 is 0. The van der Waals surface area contributed by atoms with E-state index in [1.54, 1.807) is 6.08 Å². The fourth-order valence-electron chi connectivity index (χ4n) is 2.38. The molecule has 0 fully saturated rings. The molecule has 0 spiro atoms. The van der Waals surface area contributed by atoms with Crippen LogP contribution in [0, 0.1) is 0 Å². The van der Waals surface area contributed by atoms with Gasteiger partial charge in [0.1, 0.15) is 0 Å². The van der Waals surface area contributed by atoms with Gasteiger partial charge in [0.2, 0.25) is 5.91 Å². The Labute approximate surface area is 151 Å². The van der Waals surface area contributed by atoms with Gasteiger partial charge in [-0.05, 0) is 63.3 Å². The molecule has 0 aliphatic heterocycles. The van der Waals surface area contributed by atoms with Crippen molar-refractivity contribution in [2.24, 2.45) is 0 Å². The van der Waals surface area contributed by atoms with Gasteiger partial charge in [-0.3, -0.25) is 10.1 Å². The van der Waals surface area contributed by atoms with Crippen molar-refractivity contribution in [1.82, 2.24) is 15.5 Å². The van der Waals surface area contributed by atoms with E-state index in [4.69, 9.17) is 12.2 Å². The Balaban J connectivity index is 2.27. The molecule has 0 aliphatic carbocycles. The molecule has 5 heteroatoms. The quantitative estimate of drug-likeness (QED) is 0.532. The number of carbonyl (C=O) groups excluding carboxylic acids is 1. The molecule has 0 aliphatic rings. The Bertz CT molecular complexity index is 527. The molecule has 0 heterocycles. The van der Waals surface area contributed by atoms with Gasteiger partial charge in [-0.25, -0.2) is 0 Å². The second-order valence-corrected chi connectivity index (χ2v) is 6.19. The van der Waals surface area contributed by atoms with E-state index >= 15 is 0 Å². The summed E-state index contributed by atoms with van der Waals surface area (Å²) in [5, 5.41) is 6.24. The normalized spacial score (nSPS) is 12.3. The lowest BCUT2D eigenvalue weighted by molar-refractivity contribution is -0.115. The molecule has 132 valence electrons. The zero-order valence-electron chi connectivity index (χ0n) is 14.9. The number of hydrogen-bond donors (Lipinski definition) is 2. The number of carbonyl (C=O) groups is 1. The van der Waals surface area contributed by atoms with E-state index < -0.39 is 0 Å². The van der Waals surface area contributed by atoms with Gasteiger partial charge in [-0.15, -0.1) is 0 Å². The second-order valence-electron chi connectivity index (χ2n) is 5.78. The summed E-state index contributed by atoms with van der Waals surface area (Å²) in [7, 11) is 0. The van der Waals surface area contributed by atoms with E-state index in [9.17, 15) is 4.79 Å². The highest BCUT2D eigenvalue weighted by atomic mass is 32.1. The van der Waals surface area contributed by atoms with Gasteiger partial charge in [0.05, 0.1) is 0 Å². The number of thiocarbonyl (C=S) groups is 1. The van der Waals surface area contributed by atoms with Crippen LogP contribution < -0.4 is 10.6 Å². The molecule has 4 nitrogen and oxygen atoms in total. The van der Waals surface area contributed by atoms with Crippen LogP contribution in [-0.4, -0.2) is 41.6 Å². The van der Waals surface area contributed by atoms with Crippen molar-refractivity contribution in [2.45, 2.75) is 39.7 Å². The average molecular weight is 348 g/mol. The van der Waals surface area contributed by atoms with Gasteiger partial charge < -0.3 is 10.2 Å². The smallest absolute Gasteiger partial charge is 0.250 e. The maximum absolute atomic E-state index is 11.9. The van der Waals surface area contributed by atoms with Gasteiger partial charge in [0.25, 0.3) is 0 Å². The Morgan fingerprint density at radius 3 is 2.54 bits per heavy atom. The van der Waals surface area contributed by atoms with Crippen molar-refractivity contribution in [1.29, 1.82) is 0 Å². The third-order valence-electron chi connectivity index (χ3n) is 3.85. The average Bonchev–Trinajstić information content (AvgIpc) is 2.57. The molecule has 0 saturated heterocycles. The molecule has 1 atom stereocenters. The minimum absolute atomic E-state index is 0.216. The fraction of sp³-hybridized carbons (Fsp3) is 0.474. The van der Waals surface area contributed by atoms with E-state index in [0.29, 0.717) is 5.11 Å². The van der Waals surface area contributed by atoms with Crippen LogP contribution >= 0.6 is 12.2 Å². The predicted octanol–water partition coefficient (Wildman–Crippen LogP) is 3.20. The highest BCUT2D eigenvalue weighted by molar-refractivity contribution is 7.80. The topological polar surface area (TPSA) is 44.4 Å². The van der Waals surface area contributed by atoms with Crippen LogP contribution in [0.4, 0.5) is 0 Å². The molecule has 0 saturated carbocycles. The van der Waals surface area contributed by atoms with Crippen LogP contribution in [0.3, 0.4) is 0 Å². The van der Waals surface area contributed by atoms with E-state index in [1.165, 1.54) is 6.08 Å². The molecule has 1 amide bonds. The van der Waals surface area contributed by atoms with Crippen LogP contribution in [0.2, 0.25) is 0 Å². The SMILES string of the molecule is CCN(CC)CCCC(C)NC(=S)NC(=O)C=Cc1ccccc1. The first-order valence-electron chi connectivity index (χ1n) is 8.62. The highest BCUT2D eigenvalue weighted by Gasteiger charge is 2.07. The predicted molar refractivity (Wildman–Crippen MR) is 106 cm³/mol. The van der Waals surface area contributed by atoms with Crippen molar-refractivity contribution in [3.8, 4) is 0 Å². The molecular weight excluding hydrogens is 318 g/mol. The lowest BCUT2D eigenvalue weighted by Crippen LogP contribution is -2.43. The summed E-state index contributed by atoms with van der Waals surface area (Å²) in [5.41, 5.74) is 0.983. The number of hydrogen-bond acceptors (Lipinski definition) is 3. The lowest BCUT2D eigenvalue weighted by Gasteiger charge is -2.20. The Morgan fingerprint density at radius 1 is 1.25 bits per heavy atom. The molecule has 1 aromatic rings. The number of benzene rings is 1.